The molecule has 0 unspecified atom stereocenters. The average molecular weight is 355 g/mol. The Balaban J connectivity index is 1.68. The van der Waals surface area contributed by atoms with E-state index in [0.29, 0.717) is 18.3 Å². The van der Waals surface area contributed by atoms with Gasteiger partial charge in [-0.2, -0.15) is 0 Å². The number of nitrogens with zero attached hydrogens (tertiary/aromatic N) is 1. The Hall–Kier alpha value is -3.66. The molecule has 0 aliphatic carbocycles. The van der Waals surface area contributed by atoms with E-state index >= 15 is 0 Å². The standard InChI is InChI=1S/C23H17NO3/c1-2-13-26-21-10-6-5-9-18(21)15-20-23(25)27-22(24-20)19-12-11-16-7-3-4-8-17(16)14-19/h2-12,14-15H,1,13H2. The zero-order valence-electron chi connectivity index (χ0n) is 14.6. The molecular weight excluding hydrogens is 338 g/mol. The number of benzene rings is 3. The van der Waals surface area contributed by atoms with E-state index in [2.05, 4.69) is 11.6 Å². The maximum absolute atomic E-state index is 12.3. The molecule has 3 aromatic rings. The predicted octanol–water partition coefficient (Wildman–Crippen LogP) is 4.75. The van der Waals surface area contributed by atoms with Crippen molar-refractivity contribution in [1.29, 1.82) is 0 Å². The largest absolute Gasteiger partial charge is 0.489 e. The number of rotatable bonds is 5. The molecule has 4 nitrogen and oxygen atoms in total. The van der Waals surface area contributed by atoms with Crippen molar-refractivity contribution in [3.63, 3.8) is 0 Å². The molecule has 4 rings (SSSR count). The summed E-state index contributed by atoms with van der Waals surface area (Å²) in [7, 11) is 0. The van der Waals surface area contributed by atoms with Gasteiger partial charge in [0.15, 0.2) is 5.70 Å². The normalized spacial score (nSPS) is 14.9. The highest BCUT2D eigenvalue weighted by Gasteiger charge is 2.24. The number of aliphatic imine (C=N–C) groups is 1. The van der Waals surface area contributed by atoms with Crippen LogP contribution in [0.25, 0.3) is 16.8 Å². The fraction of sp³-hybridized carbons (Fsp3) is 0.0435. The highest BCUT2D eigenvalue weighted by Crippen LogP contribution is 2.25. The second-order valence-electron chi connectivity index (χ2n) is 6.04. The van der Waals surface area contributed by atoms with Crippen molar-refractivity contribution in [2.45, 2.75) is 0 Å². The molecule has 0 amide bonds. The SMILES string of the molecule is C=CCOc1ccccc1C=C1N=C(c2ccc3ccccc3c2)OC1=O. The van der Waals surface area contributed by atoms with Crippen molar-refractivity contribution in [3.05, 3.63) is 96.2 Å². The molecule has 1 aliphatic rings. The fourth-order valence-corrected chi connectivity index (χ4v) is 2.88. The highest BCUT2D eigenvalue weighted by molar-refractivity contribution is 6.13. The number of hydrogen-bond donors (Lipinski definition) is 0. The van der Waals surface area contributed by atoms with Gasteiger partial charge < -0.3 is 9.47 Å². The lowest BCUT2D eigenvalue weighted by atomic mass is 10.1. The Morgan fingerprint density at radius 3 is 2.63 bits per heavy atom. The van der Waals surface area contributed by atoms with E-state index in [1.807, 2.05) is 66.7 Å². The smallest absolute Gasteiger partial charge is 0.363 e. The van der Waals surface area contributed by atoms with Gasteiger partial charge in [0.25, 0.3) is 0 Å². The molecule has 4 heteroatoms. The third-order valence-electron chi connectivity index (χ3n) is 4.18. The van der Waals surface area contributed by atoms with Crippen molar-refractivity contribution in [3.8, 4) is 5.75 Å². The molecule has 0 atom stereocenters. The van der Waals surface area contributed by atoms with Gasteiger partial charge in [0.1, 0.15) is 12.4 Å². The molecule has 0 aromatic heterocycles. The van der Waals surface area contributed by atoms with Crippen molar-refractivity contribution in [2.75, 3.05) is 6.61 Å². The average Bonchev–Trinajstić information content (AvgIpc) is 3.07. The van der Waals surface area contributed by atoms with E-state index in [4.69, 9.17) is 9.47 Å². The van der Waals surface area contributed by atoms with Gasteiger partial charge in [0.05, 0.1) is 0 Å². The van der Waals surface area contributed by atoms with Gasteiger partial charge in [-0.15, -0.1) is 0 Å². The quantitative estimate of drug-likeness (QED) is 0.377. The molecule has 0 spiro atoms. The Bertz CT molecular complexity index is 1100. The summed E-state index contributed by atoms with van der Waals surface area (Å²) < 4.78 is 11.0. The Morgan fingerprint density at radius 1 is 1.00 bits per heavy atom. The first kappa shape index (κ1) is 16.8. The first-order valence-corrected chi connectivity index (χ1v) is 8.59. The van der Waals surface area contributed by atoms with Crippen LogP contribution in [0.15, 0.2) is 90.1 Å². The topological polar surface area (TPSA) is 47.9 Å². The molecule has 0 N–H and O–H groups in total. The second kappa shape index (κ2) is 7.30. The van der Waals surface area contributed by atoms with E-state index < -0.39 is 5.97 Å². The third-order valence-corrected chi connectivity index (χ3v) is 4.18. The molecule has 0 radical (unpaired) electrons. The molecule has 0 saturated heterocycles. The summed E-state index contributed by atoms with van der Waals surface area (Å²) in [5.74, 6) is 0.491. The van der Waals surface area contributed by atoms with Gasteiger partial charge in [-0.3, -0.25) is 0 Å². The van der Waals surface area contributed by atoms with Gasteiger partial charge in [-0.1, -0.05) is 61.2 Å². The van der Waals surface area contributed by atoms with Gasteiger partial charge in [0.2, 0.25) is 5.90 Å². The Morgan fingerprint density at radius 2 is 1.78 bits per heavy atom. The van der Waals surface area contributed by atoms with Gasteiger partial charge in [0, 0.05) is 11.1 Å². The molecule has 132 valence electrons. The number of fused-ring (bicyclic) bond motifs is 1. The summed E-state index contributed by atoms with van der Waals surface area (Å²) in [6, 6.07) is 21.3. The summed E-state index contributed by atoms with van der Waals surface area (Å²) in [5.41, 5.74) is 1.77. The maximum Gasteiger partial charge on any atom is 0.363 e. The molecule has 0 fully saturated rings. The van der Waals surface area contributed by atoms with E-state index in [1.54, 1.807) is 12.2 Å². The summed E-state index contributed by atoms with van der Waals surface area (Å²) in [5, 5.41) is 2.18. The lowest BCUT2D eigenvalue weighted by molar-refractivity contribution is -0.129. The Labute approximate surface area is 157 Å². The van der Waals surface area contributed by atoms with Crippen LogP contribution in [0.4, 0.5) is 0 Å². The minimum absolute atomic E-state index is 0.243. The molecule has 0 bridgehead atoms. The molecule has 27 heavy (non-hydrogen) atoms. The number of cyclic esters (lactones) is 1. The molecule has 0 saturated carbocycles. The van der Waals surface area contributed by atoms with Crippen molar-refractivity contribution in [1.82, 2.24) is 0 Å². The number of para-hydroxylation sites is 1. The zero-order chi connectivity index (χ0) is 18.6. The summed E-state index contributed by atoms with van der Waals surface area (Å²) in [6.07, 6.45) is 3.35. The first-order valence-electron chi connectivity index (χ1n) is 8.59. The van der Waals surface area contributed by atoms with E-state index in [-0.39, 0.29) is 5.70 Å². The number of carbonyl (C=O) groups is 1. The molecule has 1 heterocycles. The highest BCUT2D eigenvalue weighted by atomic mass is 16.6. The number of esters is 1. The van der Waals surface area contributed by atoms with Gasteiger partial charge >= 0.3 is 5.97 Å². The summed E-state index contributed by atoms with van der Waals surface area (Å²) in [6.45, 7) is 4.03. The lowest BCUT2D eigenvalue weighted by Crippen LogP contribution is -2.05. The third kappa shape index (κ3) is 3.51. The zero-order valence-corrected chi connectivity index (χ0v) is 14.6. The summed E-state index contributed by atoms with van der Waals surface area (Å²) >= 11 is 0. The van der Waals surface area contributed by atoms with Crippen LogP contribution in [0.5, 0.6) is 5.75 Å². The lowest BCUT2D eigenvalue weighted by Gasteiger charge is -2.06. The monoisotopic (exact) mass is 355 g/mol. The van der Waals surface area contributed by atoms with Gasteiger partial charge in [-0.05, 0) is 35.0 Å². The minimum atomic E-state index is -0.475. The second-order valence-corrected chi connectivity index (χ2v) is 6.04. The molecule has 1 aliphatic heterocycles. The van der Waals surface area contributed by atoms with Crippen LogP contribution in [0.3, 0.4) is 0 Å². The maximum atomic E-state index is 12.3. The minimum Gasteiger partial charge on any atom is -0.489 e. The van der Waals surface area contributed by atoms with Crippen molar-refractivity contribution >= 4 is 28.7 Å². The van der Waals surface area contributed by atoms with Crippen LogP contribution in [0.2, 0.25) is 0 Å². The number of hydrogen-bond acceptors (Lipinski definition) is 4. The van der Waals surface area contributed by atoms with Crippen LogP contribution in [0, 0.1) is 0 Å². The van der Waals surface area contributed by atoms with Crippen molar-refractivity contribution < 1.29 is 14.3 Å². The number of ether oxygens (including phenoxy) is 2. The van der Waals surface area contributed by atoms with E-state index in [0.717, 1.165) is 21.9 Å². The van der Waals surface area contributed by atoms with Crippen LogP contribution >= 0.6 is 0 Å². The number of carbonyl (C=O) groups excluding carboxylic acids is 1. The van der Waals surface area contributed by atoms with Crippen molar-refractivity contribution in [2.24, 2.45) is 4.99 Å². The summed E-state index contributed by atoms with van der Waals surface area (Å²) in [4.78, 5) is 16.7. The molecule has 3 aromatic carbocycles. The fourth-order valence-electron chi connectivity index (χ4n) is 2.88. The van der Waals surface area contributed by atoms with Gasteiger partial charge in [-0.25, -0.2) is 9.79 Å². The molecular formula is C23H17NO3. The van der Waals surface area contributed by atoms with E-state index in [1.165, 1.54) is 0 Å². The Kier molecular flexibility index (Phi) is 4.54. The van der Waals surface area contributed by atoms with Crippen LogP contribution in [-0.4, -0.2) is 18.5 Å². The van der Waals surface area contributed by atoms with E-state index in [9.17, 15) is 4.79 Å². The predicted molar refractivity (Wildman–Crippen MR) is 107 cm³/mol. The van der Waals surface area contributed by atoms with Crippen LogP contribution in [0.1, 0.15) is 11.1 Å². The van der Waals surface area contributed by atoms with Crippen LogP contribution < -0.4 is 4.74 Å². The first-order chi connectivity index (χ1) is 13.2. The van der Waals surface area contributed by atoms with Crippen LogP contribution in [-0.2, 0) is 9.53 Å².